The van der Waals surface area contributed by atoms with Crippen LogP contribution >= 0.6 is 0 Å². The number of carbonyl (C=O) groups is 1. The molecule has 1 amide bonds. The highest BCUT2D eigenvalue weighted by atomic mass is 16.3. The number of rotatable bonds is 5. The topological polar surface area (TPSA) is 100 Å². The summed E-state index contributed by atoms with van der Waals surface area (Å²) in [5, 5.41) is 15.2. The first-order valence-corrected chi connectivity index (χ1v) is 8.83. The third-order valence-electron chi connectivity index (χ3n) is 4.39. The van der Waals surface area contributed by atoms with Gasteiger partial charge in [-0.3, -0.25) is 9.78 Å². The summed E-state index contributed by atoms with van der Waals surface area (Å²) in [4.78, 5) is 25.8. The first kappa shape index (κ1) is 17.0. The molecule has 0 aliphatic heterocycles. The van der Waals surface area contributed by atoms with E-state index >= 15 is 0 Å². The summed E-state index contributed by atoms with van der Waals surface area (Å²) in [6.45, 7) is 0.0893. The smallest absolute Gasteiger partial charge is 0.243 e. The number of nitrogens with zero attached hydrogens (tertiary/aromatic N) is 3. The average molecular weight is 361 g/mol. The van der Waals surface area contributed by atoms with Crippen LogP contribution in [0.15, 0.2) is 48.7 Å². The maximum atomic E-state index is 12.2. The van der Waals surface area contributed by atoms with E-state index in [1.807, 2.05) is 18.2 Å². The van der Waals surface area contributed by atoms with Crippen LogP contribution in [0.4, 0.5) is 11.5 Å². The van der Waals surface area contributed by atoms with E-state index in [4.69, 9.17) is 0 Å². The molecule has 2 heterocycles. The fraction of sp³-hybridized carbons (Fsp3) is 0.200. The molecule has 3 N–H and O–H groups in total. The highest BCUT2D eigenvalue weighted by Crippen LogP contribution is 2.28. The SMILES string of the molecule is O=C(CNc1nc(-c2ccccn2)nc2c1CCC2)Nc1ccc(O)cc1. The van der Waals surface area contributed by atoms with Crippen molar-refractivity contribution in [1.82, 2.24) is 15.0 Å². The van der Waals surface area contributed by atoms with Gasteiger partial charge in [-0.15, -0.1) is 0 Å². The van der Waals surface area contributed by atoms with Crippen LogP contribution in [0.2, 0.25) is 0 Å². The van der Waals surface area contributed by atoms with Crippen LogP contribution in [0, 0.1) is 0 Å². The van der Waals surface area contributed by atoms with Crippen molar-refractivity contribution in [3.05, 3.63) is 59.9 Å². The number of aromatic hydroxyl groups is 1. The molecule has 0 fully saturated rings. The molecule has 1 aromatic carbocycles. The Balaban J connectivity index is 1.50. The largest absolute Gasteiger partial charge is 0.508 e. The lowest BCUT2D eigenvalue weighted by Gasteiger charge is -2.12. The van der Waals surface area contributed by atoms with Crippen molar-refractivity contribution >= 4 is 17.4 Å². The first-order chi connectivity index (χ1) is 13.2. The number of phenols is 1. The van der Waals surface area contributed by atoms with Gasteiger partial charge in [-0.2, -0.15) is 0 Å². The van der Waals surface area contributed by atoms with Crippen LogP contribution < -0.4 is 10.6 Å². The minimum Gasteiger partial charge on any atom is -0.508 e. The normalized spacial score (nSPS) is 12.4. The zero-order valence-electron chi connectivity index (χ0n) is 14.6. The second-order valence-corrected chi connectivity index (χ2v) is 6.34. The molecule has 0 saturated heterocycles. The fourth-order valence-corrected chi connectivity index (χ4v) is 3.10. The van der Waals surface area contributed by atoms with Crippen LogP contribution in [-0.4, -0.2) is 32.5 Å². The number of carbonyl (C=O) groups excluding carboxylic acids is 1. The van der Waals surface area contributed by atoms with E-state index in [1.165, 1.54) is 12.1 Å². The Kier molecular flexibility index (Phi) is 4.65. The van der Waals surface area contributed by atoms with E-state index in [-0.39, 0.29) is 18.2 Å². The summed E-state index contributed by atoms with van der Waals surface area (Å²) in [6.07, 6.45) is 4.56. The molecule has 27 heavy (non-hydrogen) atoms. The maximum Gasteiger partial charge on any atom is 0.243 e. The number of amides is 1. The zero-order chi connectivity index (χ0) is 18.6. The molecule has 136 valence electrons. The van der Waals surface area contributed by atoms with Gasteiger partial charge in [0.1, 0.15) is 17.3 Å². The molecule has 3 aromatic rings. The summed E-state index contributed by atoms with van der Waals surface area (Å²) in [5.41, 5.74) is 3.43. The third kappa shape index (κ3) is 3.87. The van der Waals surface area contributed by atoms with Gasteiger partial charge >= 0.3 is 0 Å². The lowest BCUT2D eigenvalue weighted by atomic mass is 10.2. The molecule has 0 saturated carbocycles. The van der Waals surface area contributed by atoms with Crippen LogP contribution in [0.1, 0.15) is 17.7 Å². The van der Waals surface area contributed by atoms with Crippen molar-refractivity contribution < 1.29 is 9.90 Å². The summed E-state index contributed by atoms with van der Waals surface area (Å²) in [7, 11) is 0. The molecule has 0 spiro atoms. The predicted octanol–water partition coefficient (Wildman–Crippen LogP) is 2.78. The molecule has 0 radical (unpaired) electrons. The number of pyridine rings is 1. The van der Waals surface area contributed by atoms with Crippen molar-refractivity contribution in [2.45, 2.75) is 19.3 Å². The number of hydrogen-bond donors (Lipinski definition) is 3. The van der Waals surface area contributed by atoms with Crippen molar-refractivity contribution in [2.24, 2.45) is 0 Å². The third-order valence-corrected chi connectivity index (χ3v) is 4.39. The standard InChI is InChI=1S/C20H19N5O2/c26-14-9-7-13(8-10-14)23-18(27)12-22-19-15-4-3-6-16(15)24-20(25-19)17-5-1-2-11-21-17/h1-2,5,7-11,26H,3-4,6,12H2,(H,23,27)(H,22,24,25). The zero-order valence-corrected chi connectivity index (χ0v) is 14.6. The van der Waals surface area contributed by atoms with E-state index < -0.39 is 0 Å². The van der Waals surface area contributed by atoms with Gasteiger partial charge in [-0.1, -0.05) is 6.07 Å². The molecule has 2 aromatic heterocycles. The molecule has 4 rings (SSSR count). The van der Waals surface area contributed by atoms with Gasteiger partial charge in [0, 0.05) is 23.1 Å². The Morgan fingerprint density at radius 3 is 2.70 bits per heavy atom. The molecular weight excluding hydrogens is 342 g/mol. The number of phenolic OH excluding ortho intramolecular Hbond substituents is 1. The van der Waals surface area contributed by atoms with E-state index in [0.717, 1.165) is 30.5 Å². The van der Waals surface area contributed by atoms with E-state index in [0.29, 0.717) is 23.0 Å². The highest BCUT2D eigenvalue weighted by molar-refractivity contribution is 5.93. The number of nitrogens with one attached hydrogen (secondary N) is 2. The van der Waals surface area contributed by atoms with Crippen LogP contribution in [-0.2, 0) is 17.6 Å². The monoisotopic (exact) mass is 361 g/mol. The number of fused-ring (bicyclic) bond motifs is 1. The quantitative estimate of drug-likeness (QED) is 0.604. The molecule has 0 bridgehead atoms. The fourth-order valence-electron chi connectivity index (χ4n) is 3.10. The Labute approximate surface area is 156 Å². The summed E-state index contributed by atoms with van der Waals surface area (Å²) in [5.74, 6) is 1.23. The lowest BCUT2D eigenvalue weighted by molar-refractivity contribution is -0.114. The van der Waals surface area contributed by atoms with Gasteiger partial charge in [0.25, 0.3) is 0 Å². The van der Waals surface area contributed by atoms with Gasteiger partial charge < -0.3 is 15.7 Å². The number of benzene rings is 1. The molecule has 7 nitrogen and oxygen atoms in total. The second-order valence-electron chi connectivity index (χ2n) is 6.34. The van der Waals surface area contributed by atoms with Gasteiger partial charge in [-0.05, 0) is 55.7 Å². The highest BCUT2D eigenvalue weighted by Gasteiger charge is 2.20. The summed E-state index contributed by atoms with van der Waals surface area (Å²) in [6, 6.07) is 12.0. The minimum atomic E-state index is -0.189. The number of aromatic nitrogens is 3. The van der Waals surface area contributed by atoms with Gasteiger partial charge in [0.15, 0.2) is 5.82 Å². The maximum absolute atomic E-state index is 12.2. The summed E-state index contributed by atoms with van der Waals surface area (Å²) < 4.78 is 0. The lowest BCUT2D eigenvalue weighted by Crippen LogP contribution is -2.23. The molecule has 0 atom stereocenters. The van der Waals surface area contributed by atoms with Crippen molar-refractivity contribution in [3.63, 3.8) is 0 Å². The first-order valence-electron chi connectivity index (χ1n) is 8.83. The minimum absolute atomic E-state index is 0.0893. The van der Waals surface area contributed by atoms with Crippen LogP contribution in [0.3, 0.4) is 0 Å². The second kappa shape index (κ2) is 7.41. The Bertz CT molecular complexity index is 958. The Morgan fingerprint density at radius 2 is 1.93 bits per heavy atom. The van der Waals surface area contributed by atoms with E-state index in [9.17, 15) is 9.90 Å². The van der Waals surface area contributed by atoms with Gasteiger partial charge in [-0.25, -0.2) is 9.97 Å². The molecular formula is C20H19N5O2. The van der Waals surface area contributed by atoms with Crippen molar-refractivity contribution in [3.8, 4) is 17.3 Å². The Morgan fingerprint density at radius 1 is 1.07 bits per heavy atom. The van der Waals surface area contributed by atoms with Crippen LogP contribution in [0.5, 0.6) is 5.75 Å². The van der Waals surface area contributed by atoms with Crippen LogP contribution in [0.25, 0.3) is 11.5 Å². The van der Waals surface area contributed by atoms with Gasteiger partial charge in [0.05, 0.1) is 6.54 Å². The molecule has 1 aliphatic carbocycles. The van der Waals surface area contributed by atoms with E-state index in [1.54, 1.807) is 18.3 Å². The average Bonchev–Trinajstić information content (AvgIpc) is 3.17. The molecule has 7 heteroatoms. The van der Waals surface area contributed by atoms with Crippen molar-refractivity contribution in [2.75, 3.05) is 17.2 Å². The summed E-state index contributed by atoms with van der Waals surface area (Å²) >= 11 is 0. The van der Waals surface area contributed by atoms with Gasteiger partial charge in [0.2, 0.25) is 5.91 Å². The Hall–Kier alpha value is -3.48. The predicted molar refractivity (Wildman–Crippen MR) is 103 cm³/mol. The number of aryl methyl sites for hydroxylation is 1. The number of hydrogen-bond acceptors (Lipinski definition) is 6. The molecule has 1 aliphatic rings. The van der Waals surface area contributed by atoms with E-state index in [2.05, 4.69) is 25.6 Å². The molecule has 0 unspecified atom stereocenters. The number of anilines is 2. The van der Waals surface area contributed by atoms with Crippen molar-refractivity contribution in [1.29, 1.82) is 0 Å².